The van der Waals surface area contributed by atoms with Crippen molar-refractivity contribution in [3.05, 3.63) is 42.0 Å². The molecule has 6 heteroatoms. The molecule has 3 heterocycles. The van der Waals surface area contributed by atoms with Crippen molar-refractivity contribution in [3.63, 3.8) is 0 Å². The van der Waals surface area contributed by atoms with Crippen LogP contribution in [0.4, 0.5) is 0 Å². The van der Waals surface area contributed by atoms with E-state index in [2.05, 4.69) is 51.3 Å². The van der Waals surface area contributed by atoms with E-state index < -0.39 is 0 Å². The smallest absolute Gasteiger partial charge is 0.140 e. The lowest BCUT2D eigenvalue weighted by Gasteiger charge is -2.06. The molecule has 0 aliphatic carbocycles. The van der Waals surface area contributed by atoms with E-state index in [1.165, 1.54) is 10.9 Å². The van der Waals surface area contributed by atoms with Crippen molar-refractivity contribution in [1.29, 1.82) is 0 Å². The molecule has 0 aromatic carbocycles. The number of aromatic nitrogens is 5. The van der Waals surface area contributed by atoms with Gasteiger partial charge < -0.3 is 9.88 Å². The first-order chi connectivity index (χ1) is 10.1. The van der Waals surface area contributed by atoms with Crippen molar-refractivity contribution in [1.82, 2.24) is 29.9 Å². The lowest BCUT2D eigenvalue weighted by molar-refractivity contribution is 0.589. The van der Waals surface area contributed by atoms with Gasteiger partial charge in [0.2, 0.25) is 0 Å². The number of aryl methyl sites for hydroxylation is 1. The van der Waals surface area contributed by atoms with Gasteiger partial charge in [-0.05, 0) is 17.7 Å². The highest BCUT2D eigenvalue weighted by atomic mass is 15.4. The van der Waals surface area contributed by atoms with E-state index in [9.17, 15) is 0 Å². The Labute approximate surface area is 123 Å². The number of rotatable bonds is 5. The minimum absolute atomic E-state index is 0.458. The van der Waals surface area contributed by atoms with E-state index >= 15 is 0 Å². The molecule has 0 saturated carbocycles. The second-order valence-electron chi connectivity index (χ2n) is 5.58. The van der Waals surface area contributed by atoms with Gasteiger partial charge in [0.1, 0.15) is 11.3 Å². The Morgan fingerprint density at radius 2 is 2.14 bits per heavy atom. The van der Waals surface area contributed by atoms with Gasteiger partial charge in [-0.25, -0.2) is 4.98 Å². The predicted octanol–water partition coefficient (Wildman–Crippen LogP) is 1.71. The van der Waals surface area contributed by atoms with Crippen molar-refractivity contribution in [2.75, 3.05) is 0 Å². The molecule has 0 saturated heterocycles. The second kappa shape index (κ2) is 5.65. The SMILES string of the molecule is CC(C)NCc1cn(Cc2cn(C)nn2)c2ncccc12. The zero-order chi connectivity index (χ0) is 14.8. The second-order valence-corrected chi connectivity index (χ2v) is 5.58. The summed E-state index contributed by atoms with van der Waals surface area (Å²) >= 11 is 0. The van der Waals surface area contributed by atoms with Crippen LogP contribution in [0.1, 0.15) is 25.1 Å². The first kappa shape index (κ1) is 13.8. The Morgan fingerprint density at radius 1 is 1.29 bits per heavy atom. The van der Waals surface area contributed by atoms with Crippen LogP contribution < -0.4 is 5.32 Å². The topological polar surface area (TPSA) is 60.6 Å². The van der Waals surface area contributed by atoms with Crippen molar-refractivity contribution >= 4 is 11.0 Å². The fraction of sp³-hybridized carbons (Fsp3) is 0.400. The number of hydrogen-bond donors (Lipinski definition) is 1. The number of nitrogens with zero attached hydrogens (tertiary/aromatic N) is 5. The molecular formula is C15H20N6. The molecule has 1 N–H and O–H groups in total. The molecule has 0 radical (unpaired) electrons. The summed E-state index contributed by atoms with van der Waals surface area (Å²) in [5.74, 6) is 0. The van der Waals surface area contributed by atoms with Gasteiger partial charge in [0.15, 0.2) is 0 Å². The Kier molecular flexibility index (Phi) is 3.70. The quantitative estimate of drug-likeness (QED) is 0.775. The molecule has 3 aromatic heterocycles. The molecule has 110 valence electrons. The summed E-state index contributed by atoms with van der Waals surface area (Å²) < 4.78 is 3.85. The highest BCUT2D eigenvalue weighted by Crippen LogP contribution is 2.20. The molecule has 6 nitrogen and oxygen atoms in total. The molecule has 3 aromatic rings. The van der Waals surface area contributed by atoms with E-state index in [1.807, 2.05) is 25.5 Å². The first-order valence-electron chi connectivity index (χ1n) is 7.15. The van der Waals surface area contributed by atoms with E-state index in [0.717, 1.165) is 17.9 Å². The maximum atomic E-state index is 4.51. The summed E-state index contributed by atoms with van der Waals surface area (Å²) in [5, 5.41) is 12.8. The zero-order valence-corrected chi connectivity index (χ0v) is 12.6. The molecular weight excluding hydrogens is 264 g/mol. The van der Waals surface area contributed by atoms with Crippen molar-refractivity contribution in [3.8, 4) is 0 Å². The highest BCUT2D eigenvalue weighted by molar-refractivity contribution is 5.80. The number of pyridine rings is 1. The Morgan fingerprint density at radius 3 is 2.86 bits per heavy atom. The van der Waals surface area contributed by atoms with Crippen LogP contribution in [0.3, 0.4) is 0 Å². The van der Waals surface area contributed by atoms with Gasteiger partial charge in [-0.3, -0.25) is 4.68 Å². The zero-order valence-electron chi connectivity index (χ0n) is 12.6. The van der Waals surface area contributed by atoms with Crippen LogP contribution in [0.25, 0.3) is 11.0 Å². The van der Waals surface area contributed by atoms with Gasteiger partial charge in [0.25, 0.3) is 0 Å². The van der Waals surface area contributed by atoms with Crippen molar-refractivity contribution in [2.24, 2.45) is 7.05 Å². The van der Waals surface area contributed by atoms with Crippen LogP contribution in [0.15, 0.2) is 30.7 Å². The fourth-order valence-corrected chi connectivity index (χ4v) is 2.41. The van der Waals surface area contributed by atoms with Crippen molar-refractivity contribution in [2.45, 2.75) is 33.0 Å². The fourth-order valence-electron chi connectivity index (χ4n) is 2.41. The molecule has 0 aliphatic heterocycles. The van der Waals surface area contributed by atoms with Crippen LogP contribution in [0, 0.1) is 0 Å². The summed E-state index contributed by atoms with van der Waals surface area (Å²) in [5.41, 5.74) is 3.18. The molecule has 0 atom stereocenters. The number of fused-ring (bicyclic) bond motifs is 1. The minimum Gasteiger partial charge on any atom is -0.326 e. The third kappa shape index (κ3) is 2.95. The van der Waals surface area contributed by atoms with Gasteiger partial charge in [-0.1, -0.05) is 19.1 Å². The van der Waals surface area contributed by atoms with Gasteiger partial charge in [0.05, 0.1) is 6.54 Å². The average molecular weight is 284 g/mol. The van der Waals surface area contributed by atoms with Gasteiger partial charge in [-0.15, -0.1) is 5.10 Å². The van der Waals surface area contributed by atoms with E-state index in [1.54, 1.807) is 4.68 Å². The lowest BCUT2D eigenvalue weighted by atomic mass is 10.2. The van der Waals surface area contributed by atoms with Crippen LogP contribution in [-0.2, 0) is 20.1 Å². The van der Waals surface area contributed by atoms with E-state index in [-0.39, 0.29) is 0 Å². The Bertz CT molecular complexity index is 740. The van der Waals surface area contributed by atoms with Crippen LogP contribution in [0.2, 0.25) is 0 Å². The van der Waals surface area contributed by atoms with Crippen LogP contribution >= 0.6 is 0 Å². The maximum absolute atomic E-state index is 4.51. The van der Waals surface area contributed by atoms with E-state index in [4.69, 9.17) is 0 Å². The largest absolute Gasteiger partial charge is 0.326 e. The van der Waals surface area contributed by atoms with E-state index in [0.29, 0.717) is 12.6 Å². The standard InChI is InChI=1S/C15H20N6/c1-11(2)17-7-12-8-21(10-13-9-20(3)19-18-13)15-14(12)5-4-6-16-15/h4-6,8-9,11,17H,7,10H2,1-3H3. The monoisotopic (exact) mass is 284 g/mol. The predicted molar refractivity (Wildman–Crippen MR) is 81.8 cm³/mol. The molecule has 0 amide bonds. The van der Waals surface area contributed by atoms with Crippen molar-refractivity contribution < 1.29 is 0 Å². The average Bonchev–Trinajstić information content (AvgIpc) is 3.02. The summed E-state index contributed by atoms with van der Waals surface area (Å²) in [6, 6.07) is 4.56. The lowest BCUT2D eigenvalue weighted by Crippen LogP contribution is -2.21. The van der Waals surface area contributed by atoms with Crippen LogP contribution in [-0.4, -0.2) is 30.6 Å². The molecule has 0 bridgehead atoms. The molecule has 0 unspecified atom stereocenters. The molecule has 0 aliphatic rings. The highest BCUT2D eigenvalue weighted by Gasteiger charge is 2.11. The van der Waals surface area contributed by atoms with Gasteiger partial charge in [-0.2, -0.15) is 0 Å². The normalized spacial score (nSPS) is 11.6. The number of nitrogens with one attached hydrogen (secondary N) is 1. The molecule has 0 spiro atoms. The third-order valence-corrected chi connectivity index (χ3v) is 3.40. The third-order valence-electron chi connectivity index (χ3n) is 3.40. The minimum atomic E-state index is 0.458. The summed E-state index contributed by atoms with van der Waals surface area (Å²) in [7, 11) is 1.88. The summed E-state index contributed by atoms with van der Waals surface area (Å²) in [6.07, 6.45) is 5.91. The first-order valence-corrected chi connectivity index (χ1v) is 7.15. The molecule has 3 rings (SSSR count). The summed E-state index contributed by atoms with van der Waals surface area (Å²) in [6.45, 7) is 5.82. The number of hydrogen-bond acceptors (Lipinski definition) is 4. The van der Waals surface area contributed by atoms with Crippen LogP contribution in [0.5, 0.6) is 0 Å². The molecule has 0 fully saturated rings. The summed E-state index contributed by atoms with van der Waals surface area (Å²) in [4.78, 5) is 4.51. The van der Waals surface area contributed by atoms with Gasteiger partial charge in [0, 0.05) is 43.6 Å². The molecule has 21 heavy (non-hydrogen) atoms. The maximum Gasteiger partial charge on any atom is 0.140 e. The Hall–Kier alpha value is -2.21. The van der Waals surface area contributed by atoms with Gasteiger partial charge >= 0.3 is 0 Å². The Balaban J connectivity index is 1.94.